The summed E-state index contributed by atoms with van der Waals surface area (Å²) < 4.78 is 12.2. The van der Waals surface area contributed by atoms with Crippen molar-refractivity contribution >= 4 is 23.0 Å². The lowest BCUT2D eigenvalue weighted by Crippen LogP contribution is -2.33. The van der Waals surface area contributed by atoms with Crippen LogP contribution in [0.3, 0.4) is 0 Å². The maximum atomic E-state index is 13.1. The molecule has 0 radical (unpaired) electrons. The van der Waals surface area contributed by atoms with Crippen molar-refractivity contribution in [2.75, 3.05) is 13.2 Å². The number of alkyl carbamates (subject to hydrolysis) is 1. The summed E-state index contributed by atoms with van der Waals surface area (Å²) in [5, 5.41) is 3.29. The molecular weight excluding hydrogens is 384 g/mol. The Hall–Kier alpha value is -2.83. The lowest BCUT2D eigenvalue weighted by molar-refractivity contribution is 0.0515. The van der Waals surface area contributed by atoms with E-state index in [-0.39, 0.29) is 17.6 Å². The second kappa shape index (κ2) is 9.78. The molecule has 0 spiro atoms. The molecule has 7 heteroatoms. The number of hydrogen-bond donors (Lipinski definition) is 1. The largest absolute Gasteiger partial charge is 0.462 e. The van der Waals surface area contributed by atoms with Crippen LogP contribution in [0.1, 0.15) is 62.5 Å². The number of amides is 1. The fraction of sp³-hybridized carbons (Fsp3) is 0.522. The molecule has 0 saturated heterocycles. The molecule has 1 heterocycles. The first-order valence-corrected chi connectivity index (χ1v) is 10.4. The van der Waals surface area contributed by atoms with Crippen molar-refractivity contribution < 1.29 is 19.1 Å². The zero-order valence-electron chi connectivity index (χ0n) is 18.8. The summed E-state index contributed by atoms with van der Waals surface area (Å²) in [4.78, 5) is 37.1. The number of rotatable bonds is 7. The van der Waals surface area contributed by atoms with Gasteiger partial charge in [0.2, 0.25) is 5.43 Å². The summed E-state index contributed by atoms with van der Waals surface area (Å²) in [5.74, 6) is -0.599. The van der Waals surface area contributed by atoms with E-state index < -0.39 is 17.7 Å². The average molecular weight is 417 g/mol. The van der Waals surface area contributed by atoms with Gasteiger partial charge in [-0.05, 0) is 71.6 Å². The van der Waals surface area contributed by atoms with Crippen molar-refractivity contribution in [3.63, 3.8) is 0 Å². The second-order valence-electron chi connectivity index (χ2n) is 8.15. The van der Waals surface area contributed by atoms with Crippen LogP contribution < -0.4 is 10.7 Å². The molecular formula is C23H32N2O5. The molecule has 1 N–H and O–H groups in total. The van der Waals surface area contributed by atoms with Gasteiger partial charge in [0, 0.05) is 24.7 Å². The summed E-state index contributed by atoms with van der Waals surface area (Å²) >= 11 is 0. The Labute approximate surface area is 177 Å². The number of nitrogens with one attached hydrogen (secondary N) is 1. The van der Waals surface area contributed by atoms with Gasteiger partial charge < -0.3 is 19.4 Å². The molecule has 0 fully saturated rings. The number of carbonyl (C=O) groups is 2. The summed E-state index contributed by atoms with van der Waals surface area (Å²) in [5.41, 5.74) is 1.87. The number of carbonyl (C=O) groups excluding carboxylic acids is 2. The summed E-state index contributed by atoms with van der Waals surface area (Å²) in [6.07, 6.45) is 2.52. The van der Waals surface area contributed by atoms with Gasteiger partial charge in [-0.15, -0.1) is 0 Å². The molecule has 0 aliphatic rings. The first-order chi connectivity index (χ1) is 14.1. The van der Waals surface area contributed by atoms with Crippen LogP contribution >= 0.6 is 0 Å². The average Bonchev–Trinajstić information content (AvgIpc) is 2.65. The maximum absolute atomic E-state index is 13.1. The van der Waals surface area contributed by atoms with E-state index in [0.29, 0.717) is 31.3 Å². The van der Waals surface area contributed by atoms with E-state index in [1.807, 2.05) is 51.3 Å². The highest BCUT2D eigenvalue weighted by atomic mass is 16.6. The van der Waals surface area contributed by atoms with Crippen molar-refractivity contribution in [2.45, 2.75) is 66.5 Å². The van der Waals surface area contributed by atoms with E-state index in [4.69, 9.17) is 9.47 Å². The van der Waals surface area contributed by atoms with Gasteiger partial charge in [-0.2, -0.15) is 0 Å². The Bertz CT molecular complexity index is 986. The van der Waals surface area contributed by atoms with Gasteiger partial charge in [-0.1, -0.05) is 6.07 Å². The SMILES string of the molecule is CCOC(=O)c1cn(CC)c2ccc(CCCNC(=O)OC(C)(C)C)c(C)c2c1=O. The van der Waals surface area contributed by atoms with E-state index in [9.17, 15) is 14.4 Å². The van der Waals surface area contributed by atoms with Crippen molar-refractivity contribution in [1.82, 2.24) is 9.88 Å². The molecule has 2 aromatic rings. The standard InChI is InChI=1S/C23H32N2O5/c1-7-25-14-17(21(27)29-8-2)20(26)19-15(3)16(11-12-18(19)25)10-9-13-24-22(28)30-23(4,5)6/h11-12,14H,7-10,13H2,1-6H3,(H,24,28). The molecule has 30 heavy (non-hydrogen) atoms. The monoisotopic (exact) mass is 416 g/mol. The number of benzene rings is 1. The molecule has 1 aromatic carbocycles. The molecule has 1 amide bonds. The molecule has 0 atom stereocenters. The van der Waals surface area contributed by atoms with Gasteiger partial charge >= 0.3 is 12.1 Å². The van der Waals surface area contributed by atoms with E-state index >= 15 is 0 Å². The number of hydrogen-bond acceptors (Lipinski definition) is 5. The van der Waals surface area contributed by atoms with Crippen molar-refractivity contribution in [3.05, 3.63) is 45.2 Å². The van der Waals surface area contributed by atoms with E-state index in [1.54, 1.807) is 13.1 Å². The normalized spacial score (nSPS) is 11.4. The number of aryl methyl sites for hydroxylation is 3. The highest BCUT2D eigenvalue weighted by Gasteiger charge is 2.19. The molecule has 1 aromatic heterocycles. The minimum Gasteiger partial charge on any atom is -0.462 e. The smallest absolute Gasteiger partial charge is 0.407 e. The Kier molecular flexibility index (Phi) is 7.65. The molecule has 2 rings (SSSR count). The van der Waals surface area contributed by atoms with Crippen LogP contribution in [0.5, 0.6) is 0 Å². The fourth-order valence-corrected chi connectivity index (χ4v) is 3.36. The fourth-order valence-electron chi connectivity index (χ4n) is 3.36. The third-order valence-electron chi connectivity index (χ3n) is 4.75. The molecule has 0 saturated carbocycles. The maximum Gasteiger partial charge on any atom is 0.407 e. The topological polar surface area (TPSA) is 86.6 Å². The van der Waals surface area contributed by atoms with E-state index in [1.165, 1.54) is 0 Å². The predicted octanol–water partition coefficient (Wildman–Crippen LogP) is 3.96. The van der Waals surface area contributed by atoms with E-state index in [2.05, 4.69) is 5.32 Å². The van der Waals surface area contributed by atoms with Crippen LogP contribution in [0.15, 0.2) is 23.1 Å². The van der Waals surface area contributed by atoms with Gasteiger partial charge in [-0.25, -0.2) is 9.59 Å². The molecule has 164 valence electrons. The van der Waals surface area contributed by atoms with Crippen molar-refractivity contribution in [1.29, 1.82) is 0 Å². The van der Waals surface area contributed by atoms with Gasteiger partial charge in [-0.3, -0.25) is 4.79 Å². The first-order valence-electron chi connectivity index (χ1n) is 10.4. The lowest BCUT2D eigenvalue weighted by atomic mass is 9.98. The summed E-state index contributed by atoms with van der Waals surface area (Å²) in [7, 11) is 0. The van der Waals surface area contributed by atoms with Crippen LogP contribution in [0, 0.1) is 6.92 Å². The number of nitrogens with zero attached hydrogens (tertiary/aromatic N) is 1. The lowest BCUT2D eigenvalue weighted by Gasteiger charge is -2.19. The Morgan fingerprint density at radius 1 is 1.17 bits per heavy atom. The van der Waals surface area contributed by atoms with Gasteiger partial charge in [0.05, 0.1) is 12.1 Å². The highest BCUT2D eigenvalue weighted by molar-refractivity contribution is 5.95. The number of ether oxygens (including phenoxy) is 2. The zero-order chi connectivity index (χ0) is 22.5. The zero-order valence-corrected chi connectivity index (χ0v) is 18.8. The van der Waals surface area contributed by atoms with Crippen molar-refractivity contribution in [3.8, 4) is 0 Å². The molecule has 0 aliphatic heterocycles. The molecule has 0 bridgehead atoms. The Balaban J connectivity index is 2.26. The van der Waals surface area contributed by atoms with Crippen LogP contribution in [-0.2, 0) is 22.4 Å². The minimum atomic E-state index is -0.599. The van der Waals surface area contributed by atoms with E-state index in [0.717, 1.165) is 16.6 Å². The van der Waals surface area contributed by atoms with Crippen LogP contribution in [0.25, 0.3) is 10.9 Å². The number of esters is 1. The molecule has 0 unspecified atom stereocenters. The molecule has 7 nitrogen and oxygen atoms in total. The molecule has 0 aliphatic carbocycles. The van der Waals surface area contributed by atoms with Gasteiger partial charge in [0.15, 0.2) is 0 Å². The van der Waals surface area contributed by atoms with Gasteiger partial charge in [0.25, 0.3) is 0 Å². The summed E-state index contributed by atoms with van der Waals surface area (Å²) in [6.45, 7) is 12.3. The second-order valence-corrected chi connectivity index (χ2v) is 8.15. The highest BCUT2D eigenvalue weighted by Crippen LogP contribution is 2.21. The Morgan fingerprint density at radius 2 is 1.87 bits per heavy atom. The first kappa shape index (κ1) is 23.4. The van der Waals surface area contributed by atoms with Crippen LogP contribution in [0.2, 0.25) is 0 Å². The third kappa shape index (κ3) is 5.62. The minimum absolute atomic E-state index is 0.0537. The number of pyridine rings is 1. The van der Waals surface area contributed by atoms with Crippen LogP contribution in [0.4, 0.5) is 4.79 Å². The third-order valence-corrected chi connectivity index (χ3v) is 4.75. The Morgan fingerprint density at radius 3 is 2.47 bits per heavy atom. The summed E-state index contributed by atoms with van der Waals surface area (Å²) in [6, 6.07) is 3.92. The number of aromatic nitrogens is 1. The van der Waals surface area contributed by atoms with Crippen LogP contribution in [-0.4, -0.2) is 35.4 Å². The van der Waals surface area contributed by atoms with Crippen molar-refractivity contribution in [2.24, 2.45) is 0 Å². The number of fused-ring (bicyclic) bond motifs is 1. The quantitative estimate of drug-likeness (QED) is 0.545. The van der Waals surface area contributed by atoms with Gasteiger partial charge in [0.1, 0.15) is 11.2 Å². The predicted molar refractivity (Wildman–Crippen MR) is 117 cm³/mol.